The van der Waals surface area contributed by atoms with Crippen LogP contribution in [0.2, 0.25) is 5.02 Å². The van der Waals surface area contributed by atoms with Crippen molar-refractivity contribution in [1.82, 2.24) is 5.32 Å². The molecular formula is C12H14ClNO3. The van der Waals surface area contributed by atoms with Gasteiger partial charge in [0.15, 0.2) is 0 Å². The van der Waals surface area contributed by atoms with Gasteiger partial charge in [-0.15, -0.1) is 0 Å². The van der Waals surface area contributed by atoms with E-state index in [2.05, 4.69) is 5.32 Å². The van der Waals surface area contributed by atoms with Gasteiger partial charge in [-0.2, -0.15) is 0 Å². The standard InChI is InChI=1S/C12H14ClNO3/c13-9-3-4-10(15)8(5-9)6-14-11(12(16)17)7-1-2-7/h3-5,7,11,14-15H,1-2,6H2,(H,16,17). The van der Waals surface area contributed by atoms with Crippen LogP contribution in [0.1, 0.15) is 18.4 Å². The van der Waals surface area contributed by atoms with Gasteiger partial charge < -0.3 is 10.2 Å². The summed E-state index contributed by atoms with van der Waals surface area (Å²) in [7, 11) is 0. The Balaban J connectivity index is 2.00. The molecule has 0 spiro atoms. The van der Waals surface area contributed by atoms with Gasteiger partial charge in [0.05, 0.1) is 0 Å². The van der Waals surface area contributed by atoms with Crippen LogP contribution in [0.3, 0.4) is 0 Å². The molecule has 1 atom stereocenters. The molecule has 0 amide bonds. The number of hydrogen-bond donors (Lipinski definition) is 3. The number of carbonyl (C=O) groups is 1. The molecule has 92 valence electrons. The number of rotatable bonds is 5. The summed E-state index contributed by atoms with van der Waals surface area (Å²) in [6.45, 7) is 0.305. The fourth-order valence-electron chi connectivity index (χ4n) is 1.80. The van der Waals surface area contributed by atoms with Gasteiger partial charge in [-0.05, 0) is 37.0 Å². The molecule has 0 bridgehead atoms. The molecule has 0 radical (unpaired) electrons. The van der Waals surface area contributed by atoms with Gasteiger partial charge in [-0.1, -0.05) is 11.6 Å². The molecule has 0 aromatic heterocycles. The Bertz CT molecular complexity index is 432. The molecule has 1 aromatic rings. The fourth-order valence-corrected chi connectivity index (χ4v) is 2.00. The summed E-state index contributed by atoms with van der Waals surface area (Å²) in [5, 5.41) is 22.1. The number of carboxylic acids is 1. The van der Waals surface area contributed by atoms with E-state index < -0.39 is 12.0 Å². The van der Waals surface area contributed by atoms with Crippen molar-refractivity contribution >= 4 is 17.6 Å². The molecule has 1 aliphatic carbocycles. The van der Waals surface area contributed by atoms with E-state index in [1.165, 1.54) is 6.07 Å². The van der Waals surface area contributed by atoms with E-state index in [1.807, 2.05) is 0 Å². The normalized spacial score (nSPS) is 16.8. The zero-order valence-corrected chi connectivity index (χ0v) is 9.94. The van der Waals surface area contributed by atoms with Crippen LogP contribution < -0.4 is 5.32 Å². The lowest BCUT2D eigenvalue weighted by molar-refractivity contribution is -0.140. The van der Waals surface area contributed by atoms with Gasteiger partial charge in [0.1, 0.15) is 11.8 Å². The first-order chi connectivity index (χ1) is 8.08. The Morgan fingerprint density at radius 3 is 2.82 bits per heavy atom. The lowest BCUT2D eigenvalue weighted by Gasteiger charge is -2.14. The maximum absolute atomic E-state index is 11.0. The number of aliphatic carboxylic acids is 1. The van der Waals surface area contributed by atoms with Crippen molar-refractivity contribution in [3.63, 3.8) is 0 Å². The zero-order valence-electron chi connectivity index (χ0n) is 9.19. The maximum atomic E-state index is 11.0. The summed E-state index contributed by atoms with van der Waals surface area (Å²) in [6, 6.07) is 4.20. The van der Waals surface area contributed by atoms with Crippen molar-refractivity contribution in [2.75, 3.05) is 0 Å². The van der Waals surface area contributed by atoms with E-state index in [0.29, 0.717) is 17.1 Å². The number of phenolic OH excluding ortho intramolecular Hbond substituents is 1. The van der Waals surface area contributed by atoms with Crippen LogP contribution >= 0.6 is 11.6 Å². The number of phenols is 1. The van der Waals surface area contributed by atoms with Crippen LogP contribution in [-0.4, -0.2) is 22.2 Å². The van der Waals surface area contributed by atoms with Crippen LogP contribution in [0.4, 0.5) is 0 Å². The van der Waals surface area contributed by atoms with Crippen LogP contribution in [0.15, 0.2) is 18.2 Å². The maximum Gasteiger partial charge on any atom is 0.320 e. The Morgan fingerprint density at radius 1 is 1.53 bits per heavy atom. The lowest BCUT2D eigenvalue weighted by atomic mass is 10.1. The second-order valence-corrected chi connectivity index (χ2v) is 4.74. The van der Waals surface area contributed by atoms with Gasteiger partial charge in [0.25, 0.3) is 0 Å². The topological polar surface area (TPSA) is 69.6 Å². The SMILES string of the molecule is O=C(O)C(NCc1cc(Cl)ccc1O)C1CC1. The van der Waals surface area contributed by atoms with E-state index >= 15 is 0 Å². The first-order valence-corrected chi connectivity index (χ1v) is 5.89. The van der Waals surface area contributed by atoms with Crippen molar-refractivity contribution < 1.29 is 15.0 Å². The first kappa shape index (κ1) is 12.2. The van der Waals surface area contributed by atoms with Gasteiger partial charge in [-0.3, -0.25) is 10.1 Å². The second-order valence-electron chi connectivity index (χ2n) is 4.31. The Kier molecular flexibility index (Phi) is 3.54. The molecule has 0 heterocycles. The van der Waals surface area contributed by atoms with Crippen molar-refractivity contribution in [2.45, 2.75) is 25.4 Å². The molecule has 3 N–H and O–H groups in total. The molecule has 17 heavy (non-hydrogen) atoms. The third-order valence-corrected chi connectivity index (χ3v) is 3.15. The van der Waals surface area contributed by atoms with E-state index in [9.17, 15) is 9.90 Å². The van der Waals surface area contributed by atoms with Crippen LogP contribution in [-0.2, 0) is 11.3 Å². The molecule has 0 aliphatic heterocycles. The van der Waals surface area contributed by atoms with Gasteiger partial charge in [0.2, 0.25) is 0 Å². The predicted octanol–water partition coefficient (Wildman–Crippen LogP) is 2.00. The summed E-state index contributed by atoms with van der Waals surface area (Å²) < 4.78 is 0. The minimum atomic E-state index is -0.839. The molecule has 1 fully saturated rings. The van der Waals surface area contributed by atoms with E-state index in [1.54, 1.807) is 12.1 Å². The van der Waals surface area contributed by atoms with Crippen LogP contribution in [0, 0.1) is 5.92 Å². The Morgan fingerprint density at radius 2 is 2.24 bits per heavy atom. The third kappa shape index (κ3) is 3.11. The average molecular weight is 256 g/mol. The summed E-state index contributed by atoms with van der Waals surface area (Å²) in [5.41, 5.74) is 0.615. The molecule has 5 heteroatoms. The third-order valence-electron chi connectivity index (χ3n) is 2.91. The molecule has 1 saturated carbocycles. The molecule has 1 aromatic carbocycles. The van der Waals surface area contributed by atoms with Gasteiger partial charge in [0, 0.05) is 17.1 Å². The van der Waals surface area contributed by atoms with Crippen LogP contribution in [0.25, 0.3) is 0 Å². The van der Waals surface area contributed by atoms with Crippen molar-refractivity contribution in [1.29, 1.82) is 0 Å². The smallest absolute Gasteiger partial charge is 0.320 e. The average Bonchev–Trinajstić information content (AvgIpc) is 3.07. The van der Waals surface area contributed by atoms with Crippen LogP contribution in [0.5, 0.6) is 5.75 Å². The number of hydrogen-bond acceptors (Lipinski definition) is 3. The van der Waals surface area contributed by atoms with Crippen molar-refractivity contribution in [2.24, 2.45) is 5.92 Å². The molecule has 1 aliphatic rings. The molecular weight excluding hydrogens is 242 g/mol. The van der Waals surface area contributed by atoms with Gasteiger partial charge >= 0.3 is 5.97 Å². The number of halogens is 1. The summed E-state index contributed by atoms with van der Waals surface area (Å²) in [5.74, 6) is -0.496. The summed E-state index contributed by atoms with van der Waals surface area (Å²) >= 11 is 5.81. The zero-order chi connectivity index (χ0) is 12.4. The fraction of sp³-hybridized carbons (Fsp3) is 0.417. The minimum Gasteiger partial charge on any atom is -0.508 e. The number of nitrogens with one attached hydrogen (secondary N) is 1. The predicted molar refractivity (Wildman–Crippen MR) is 64.1 cm³/mol. The molecule has 2 rings (SSSR count). The van der Waals surface area contributed by atoms with E-state index in [-0.39, 0.29) is 11.7 Å². The van der Waals surface area contributed by atoms with Crippen molar-refractivity contribution in [3.05, 3.63) is 28.8 Å². The number of aromatic hydroxyl groups is 1. The number of benzene rings is 1. The lowest BCUT2D eigenvalue weighted by Crippen LogP contribution is -2.38. The highest BCUT2D eigenvalue weighted by atomic mass is 35.5. The summed E-state index contributed by atoms with van der Waals surface area (Å²) in [4.78, 5) is 11.0. The number of carboxylic acid groups (broad SMARTS) is 1. The monoisotopic (exact) mass is 255 g/mol. The second kappa shape index (κ2) is 4.94. The minimum absolute atomic E-state index is 0.127. The Labute approximate surface area is 104 Å². The highest BCUT2D eigenvalue weighted by Crippen LogP contribution is 2.33. The van der Waals surface area contributed by atoms with Crippen molar-refractivity contribution in [3.8, 4) is 5.75 Å². The summed E-state index contributed by atoms with van der Waals surface area (Å²) in [6.07, 6.45) is 1.90. The largest absolute Gasteiger partial charge is 0.508 e. The highest BCUT2D eigenvalue weighted by molar-refractivity contribution is 6.30. The molecule has 0 saturated heterocycles. The van der Waals surface area contributed by atoms with Gasteiger partial charge in [-0.25, -0.2) is 0 Å². The highest BCUT2D eigenvalue weighted by Gasteiger charge is 2.35. The first-order valence-electron chi connectivity index (χ1n) is 5.51. The van der Waals surface area contributed by atoms with E-state index in [0.717, 1.165) is 12.8 Å². The quantitative estimate of drug-likeness (QED) is 0.753. The Hall–Kier alpha value is -1.26. The molecule has 1 unspecified atom stereocenters. The molecule has 4 nitrogen and oxygen atoms in total. The van der Waals surface area contributed by atoms with E-state index in [4.69, 9.17) is 16.7 Å².